The first-order valence-corrected chi connectivity index (χ1v) is 11.2. The van der Waals surface area contributed by atoms with E-state index in [2.05, 4.69) is 10.6 Å². The average Bonchev–Trinajstić information content (AvgIpc) is 2.81. The second-order valence-electron chi connectivity index (χ2n) is 7.10. The van der Waals surface area contributed by atoms with Crippen LogP contribution in [0.2, 0.25) is 5.02 Å². The monoisotopic (exact) mass is 498 g/mol. The van der Waals surface area contributed by atoms with E-state index in [0.717, 1.165) is 22.6 Å². The van der Waals surface area contributed by atoms with Crippen molar-refractivity contribution >= 4 is 58.5 Å². The van der Waals surface area contributed by atoms with E-state index in [1.165, 1.54) is 17.8 Å². The molecule has 8 nitrogen and oxygen atoms in total. The SMILES string of the molecule is Cc1c(Cl)cccc1NC(=O)CSc1ccc(NC(=O)c2ccc(C(=O)O)cc2C(=O)O)cc1. The van der Waals surface area contributed by atoms with Gasteiger partial charge in [-0.3, -0.25) is 9.59 Å². The average molecular weight is 499 g/mol. The molecule has 0 aliphatic rings. The van der Waals surface area contributed by atoms with E-state index in [4.69, 9.17) is 16.7 Å². The van der Waals surface area contributed by atoms with Crippen LogP contribution in [0.5, 0.6) is 0 Å². The maximum Gasteiger partial charge on any atom is 0.336 e. The first kappa shape index (κ1) is 24.8. The van der Waals surface area contributed by atoms with Crippen molar-refractivity contribution in [1.29, 1.82) is 0 Å². The number of hydrogen-bond donors (Lipinski definition) is 4. The molecular formula is C24H19ClN2O6S. The number of carbonyl (C=O) groups excluding carboxylic acids is 2. The number of anilines is 2. The normalized spacial score (nSPS) is 10.4. The minimum absolute atomic E-state index is 0.162. The number of aromatic carboxylic acids is 2. The van der Waals surface area contributed by atoms with Crippen LogP contribution in [0.25, 0.3) is 0 Å². The molecule has 10 heteroatoms. The standard InChI is InChI=1S/C24H19ClN2O6S/c1-13-19(25)3-2-4-20(13)27-21(28)12-34-16-8-6-15(7-9-16)26-22(29)17-10-5-14(23(30)31)11-18(17)24(32)33/h2-11H,12H2,1H3,(H,26,29)(H,27,28)(H,30,31)(H,32,33). The van der Waals surface area contributed by atoms with Gasteiger partial charge in [0.15, 0.2) is 0 Å². The Morgan fingerprint density at radius 2 is 1.59 bits per heavy atom. The highest BCUT2D eigenvalue weighted by molar-refractivity contribution is 8.00. The molecule has 0 fully saturated rings. The van der Waals surface area contributed by atoms with E-state index in [9.17, 15) is 24.3 Å². The van der Waals surface area contributed by atoms with Gasteiger partial charge in [-0.25, -0.2) is 9.59 Å². The largest absolute Gasteiger partial charge is 0.478 e. The van der Waals surface area contributed by atoms with Crippen molar-refractivity contribution in [3.05, 3.63) is 87.9 Å². The highest BCUT2D eigenvalue weighted by Gasteiger charge is 2.19. The van der Waals surface area contributed by atoms with Gasteiger partial charge in [-0.15, -0.1) is 11.8 Å². The summed E-state index contributed by atoms with van der Waals surface area (Å²) < 4.78 is 0. The molecule has 0 atom stereocenters. The zero-order valence-electron chi connectivity index (χ0n) is 17.8. The predicted molar refractivity (Wildman–Crippen MR) is 130 cm³/mol. The first-order chi connectivity index (χ1) is 16.2. The molecule has 174 valence electrons. The molecule has 0 saturated carbocycles. The van der Waals surface area contributed by atoms with Crippen LogP contribution >= 0.6 is 23.4 Å². The summed E-state index contributed by atoms with van der Waals surface area (Å²) in [4.78, 5) is 48.1. The van der Waals surface area contributed by atoms with Gasteiger partial charge >= 0.3 is 11.9 Å². The minimum atomic E-state index is -1.41. The lowest BCUT2D eigenvalue weighted by atomic mass is 10.0. The van der Waals surface area contributed by atoms with Gasteiger partial charge in [0, 0.05) is 21.3 Å². The topological polar surface area (TPSA) is 133 Å². The van der Waals surface area contributed by atoms with Crippen LogP contribution in [0.1, 0.15) is 36.6 Å². The Morgan fingerprint density at radius 3 is 2.24 bits per heavy atom. The highest BCUT2D eigenvalue weighted by atomic mass is 35.5. The van der Waals surface area contributed by atoms with Crippen LogP contribution < -0.4 is 10.6 Å². The lowest BCUT2D eigenvalue weighted by molar-refractivity contribution is -0.113. The third-order valence-electron chi connectivity index (χ3n) is 4.77. The summed E-state index contributed by atoms with van der Waals surface area (Å²) in [7, 11) is 0. The number of thioether (sulfide) groups is 1. The number of nitrogens with one attached hydrogen (secondary N) is 2. The van der Waals surface area contributed by atoms with E-state index in [-0.39, 0.29) is 22.8 Å². The molecule has 0 heterocycles. The fourth-order valence-corrected chi connectivity index (χ4v) is 3.84. The lowest BCUT2D eigenvalue weighted by Crippen LogP contribution is -2.17. The maximum atomic E-state index is 12.6. The maximum absolute atomic E-state index is 12.6. The van der Waals surface area contributed by atoms with Crippen molar-refractivity contribution in [1.82, 2.24) is 0 Å². The predicted octanol–water partition coefficient (Wildman–Crippen LogP) is 5.03. The van der Waals surface area contributed by atoms with Gasteiger partial charge in [0.25, 0.3) is 5.91 Å². The molecule has 0 radical (unpaired) electrons. The smallest absolute Gasteiger partial charge is 0.336 e. The van der Waals surface area contributed by atoms with Gasteiger partial charge in [-0.2, -0.15) is 0 Å². The molecule has 0 bridgehead atoms. The molecule has 0 unspecified atom stereocenters. The highest BCUT2D eigenvalue weighted by Crippen LogP contribution is 2.25. The Hall–Kier alpha value is -3.82. The quantitative estimate of drug-likeness (QED) is 0.320. The molecule has 3 rings (SSSR count). The molecule has 0 saturated heterocycles. The summed E-state index contributed by atoms with van der Waals surface area (Å²) in [6.07, 6.45) is 0. The second kappa shape index (κ2) is 10.9. The van der Waals surface area contributed by atoms with Crippen molar-refractivity contribution in [3.63, 3.8) is 0 Å². The van der Waals surface area contributed by atoms with Gasteiger partial charge in [0.2, 0.25) is 5.91 Å². The zero-order chi connectivity index (χ0) is 24.8. The van der Waals surface area contributed by atoms with Gasteiger partial charge < -0.3 is 20.8 Å². The molecule has 3 aromatic carbocycles. The molecular weight excluding hydrogens is 480 g/mol. The number of benzene rings is 3. The van der Waals surface area contributed by atoms with Crippen LogP contribution in [-0.2, 0) is 4.79 Å². The molecule has 34 heavy (non-hydrogen) atoms. The van der Waals surface area contributed by atoms with E-state index in [1.807, 2.05) is 6.92 Å². The molecule has 3 aromatic rings. The number of carboxylic acids is 2. The molecule has 2 amide bonds. The van der Waals surface area contributed by atoms with Gasteiger partial charge in [-0.1, -0.05) is 17.7 Å². The van der Waals surface area contributed by atoms with E-state index in [1.54, 1.807) is 42.5 Å². The first-order valence-electron chi connectivity index (χ1n) is 9.85. The summed E-state index contributed by atoms with van der Waals surface area (Å²) in [5.74, 6) is -3.43. The van der Waals surface area contributed by atoms with Crippen LogP contribution in [0, 0.1) is 6.92 Å². The molecule has 0 aliphatic carbocycles. The van der Waals surface area contributed by atoms with Crippen molar-refractivity contribution in [2.75, 3.05) is 16.4 Å². The fourth-order valence-electron chi connectivity index (χ4n) is 2.96. The van der Waals surface area contributed by atoms with E-state index >= 15 is 0 Å². The van der Waals surface area contributed by atoms with Crippen LogP contribution in [0.15, 0.2) is 65.6 Å². The number of carbonyl (C=O) groups is 4. The van der Waals surface area contributed by atoms with Gasteiger partial charge in [-0.05, 0) is 67.1 Å². The zero-order valence-corrected chi connectivity index (χ0v) is 19.4. The molecule has 0 spiro atoms. The van der Waals surface area contributed by atoms with Crippen molar-refractivity contribution in [2.45, 2.75) is 11.8 Å². The number of hydrogen-bond acceptors (Lipinski definition) is 5. The Bertz CT molecular complexity index is 1280. The van der Waals surface area contributed by atoms with Crippen LogP contribution in [-0.4, -0.2) is 39.7 Å². The third-order valence-corrected chi connectivity index (χ3v) is 6.19. The Balaban J connectivity index is 1.61. The van der Waals surface area contributed by atoms with Crippen molar-refractivity contribution in [2.24, 2.45) is 0 Å². The second-order valence-corrected chi connectivity index (χ2v) is 8.55. The Labute approximate surface area is 203 Å². The van der Waals surface area contributed by atoms with E-state index < -0.39 is 23.4 Å². The number of amides is 2. The summed E-state index contributed by atoms with van der Waals surface area (Å²) in [5, 5.41) is 24.3. The van der Waals surface area contributed by atoms with E-state index in [0.29, 0.717) is 16.4 Å². The van der Waals surface area contributed by atoms with Crippen LogP contribution in [0.3, 0.4) is 0 Å². The van der Waals surface area contributed by atoms with Gasteiger partial charge in [0.05, 0.1) is 22.4 Å². The Morgan fingerprint density at radius 1 is 0.882 bits per heavy atom. The summed E-state index contributed by atoms with van der Waals surface area (Å²) in [5.41, 5.74) is 1.03. The summed E-state index contributed by atoms with van der Waals surface area (Å²) in [6.45, 7) is 1.82. The lowest BCUT2D eigenvalue weighted by Gasteiger charge is -2.10. The number of carboxylic acid groups (broad SMARTS) is 2. The molecule has 0 aliphatic heterocycles. The van der Waals surface area contributed by atoms with Crippen molar-refractivity contribution in [3.8, 4) is 0 Å². The summed E-state index contributed by atoms with van der Waals surface area (Å²) >= 11 is 7.37. The minimum Gasteiger partial charge on any atom is -0.478 e. The molecule has 0 aromatic heterocycles. The number of rotatable bonds is 8. The number of halogens is 1. The fraction of sp³-hybridized carbons (Fsp3) is 0.0833. The third kappa shape index (κ3) is 6.15. The van der Waals surface area contributed by atoms with Crippen molar-refractivity contribution < 1.29 is 29.4 Å². The van der Waals surface area contributed by atoms with Gasteiger partial charge in [0.1, 0.15) is 0 Å². The Kier molecular flexibility index (Phi) is 7.93. The summed E-state index contributed by atoms with van der Waals surface area (Å²) in [6, 6.07) is 15.2. The molecule has 4 N–H and O–H groups in total. The van der Waals surface area contributed by atoms with Crippen LogP contribution in [0.4, 0.5) is 11.4 Å².